The number of aliphatic hydroxyl groups is 1. The molecule has 176 valence electrons. The summed E-state index contributed by atoms with van der Waals surface area (Å²) in [7, 11) is -3.31. The Hall–Kier alpha value is -3.09. The van der Waals surface area contributed by atoms with E-state index in [1.807, 2.05) is 0 Å². The van der Waals surface area contributed by atoms with E-state index >= 15 is 0 Å². The van der Waals surface area contributed by atoms with Gasteiger partial charge in [0, 0.05) is 43.5 Å². The molecule has 0 saturated heterocycles. The standard InChI is InChI=1S/C21H23F2N5O4S/c1-12-10-25-21(26-14-8-15(22)20(16(23)9-14)24-4-6-29)27-19(12)18-7-13-11-28(33(2,30)31)5-3-17(13)32-18/h7-10,24,29H,3-6,11H2,1-2H3,(H,25,26,27). The number of rotatable bonds is 7. The summed E-state index contributed by atoms with van der Waals surface area (Å²) in [5.74, 6) is -0.385. The molecule has 3 N–H and O–H groups in total. The maximum absolute atomic E-state index is 14.3. The van der Waals surface area contributed by atoms with Crippen LogP contribution >= 0.6 is 0 Å². The van der Waals surface area contributed by atoms with Crippen LogP contribution in [0.5, 0.6) is 0 Å². The summed E-state index contributed by atoms with van der Waals surface area (Å²) in [6.45, 7) is 2.11. The van der Waals surface area contributed by atoms with Gasteiger partial charge in [-0.3, -0.25) is 0 Å². The van der Waals surface area contributed by atoms with Crippen LogP contribution in [0.2, 0.25) is 0 Å². The van der Waals surface area contributed by atoms with E-state index in [1.165, 1.54) is 10.6 Å². The van der Waals surface area contributed by atoms with Crippen molar-refractivity contribution in [1.82, 2.24) is 14.3 Å². The molecule has 2 aromatic heterocycles. The number of furan rings is 1. The van der Waals surface area contributed by atoms with Crippen LogP contribution in [0.3, 0.4) is 0 Å². The predicted octanol–water partition coefficient (Wildman–Crippen LogP) is 2.79. The molecule has 0 radical (unpaired) electrons. The van der Waals surface area contributed by atoms with Crippen molar-refractivity contribution in [2.45, 2.75) is 19.9 Å². The third-order valence-corrected chi connectivity index (χ3v) is 6.47. The molecule has 33 heavy (non-hydrogen) atoms. The molecule has 1 aliphatic rings. The van der Waals surface area contributed by atoms with Crippen LogP contribution < -0.4 is 10.6 Å². The van der Waals surface area contributed by atoms with Crippen molar-refractivity contribution in [2.24, 2.45) is 0 Å². The molecular formula is C21H23F2N5O4S. The fourth-order valence-corrected chi connectivity index (χ4v) is 4.38. The molecule has 4 rings (SSSR count). The Morgan fingerprint density at radius 1 is 1.24 bits per heavy atom. The van der Waals surface area contributed by atoms with Gasteiger partial charge in [0.1, 0.15) is 17.1 Å². The zero-order chi connectivity index (χ0) is 23.8. The average molecular weight is 480 g/mol. The van der Waals surface area contributed by atoms with Gasteiger partial charge >= 0.3 is 0 Å². The van der Waals surface area contributed by atoms with Crippen molar-refractivity contribution in [3.8, 4) is 11.5 Å². The molecule has 1 aliphatic heterocycles. The summed E-state index contributed by atoms with van der Waals surface area (Å²) in [5.41, 5.74) is 1.74. The molecule has 0 bridgehead atoms. The predicted molar refractivity (Wildman–Crippen MR) is 119 cm³/mol. The number of aliphatic hydroxyl groups excluding tert-OH is 1. The molecule has 3 aromatic rings. The number of hydrogen-bond donors (Lipinski definition) is 3. The number of aromatic nitrogens is 2. The van der Waals surface area contributed by atoms with Gasteiger partial charge in [0.2, 0.25) is 16.0 Å². The molecule has 0 aliphatic carbocycles. The minimum absolute atomic E-state index is 0.0140. The Morgan fingerprint density at radius 3 is 2.64 bits per heavy atom. The van der Waals surface area contributed by atoms with Crippen LogP contribution in [-0.4, -0.2) is 53.7 Å². The van der Waals surface area contributed by atoms with Gasteiger partial charge in [-0.15, -0.1) is 0 Å². The Kier molecular flexibility index (Phi) is 6.32. The zero-order valence-corrected chi connectivity index (χ0v) is 18.8. The molecule has 0 atom stereocenters. The van der Waals surface area contributed by atoms with Gasteiger partial charge in [0.25, 0.3) is 0 Å². The second kappa shape index (κ2) is 9.04. The van der Waals surface area contributed by atoms with Gasteiger partial charge in [0.15, 0.2) is 17.4 Å². The Balaban J connectivity index is 1.59. The van der Waals surface area contributed by atoms with E-state index in [2.05, 4.69) is 20.6 Å². The van der Waals surface area contributed by atoms with E-state index in [0.29, 0.717) is 35.7 Å². The Bertz CT molecular complexity index is 1270. The molecule has 1 aromatic carbocycles. The third kappa shape index (κ3) is 4.97. The molecule has 0 spiro atoms. The van der Waals surface area contributed by atoms with Crippen molar-refractivity contribution >= 4 is 27.3 Å². The molecule has 0 amide bonds. The third-order valence-electron chi connectivity index (χ3n) is 5.22. The highest BCUT2D eigenvalue weighted by Crippen LogP contribution is 2.32. The number of anilines is 3. The minimum Gasteiger partial charge on any atom is -0.459 e. The highest BCUT2D eigenvalue weighted by molar-refractivity contribution is 7.88. The second-order valence-corrected chi connectivity index (χ2v) is 9.70. The number of benzene rings is 1. The van der Waals surface area contributed by atoms with E-state index in [4.69, 9.17) is 9.52 Å². The van der Waals surface area contributed by atoms with Gasteiger partial charge in [0.05, 0.1) is 12.9 Å². The average Bonchev–Trinajstić information content (AvgIpc) is 3.17. The van der Waals surface area contributed by atoms with Crippen LogP contribution in [0.4, 0.5) is 26.1 Å². The smallest absolute Gasteiger partial charge is 0.227 e. The Labute approximate surface area is 189 Å². The van der Waals surface area contributed by atoms with Gasteiger partial charge in [-0.25, -0.2) is 27.2 Å². The molecular weight excluding hydrogens is 456 g/mol. The van der Waals surface area contributed by atoms with Crippen LogP contribution in [0.1, 0.15) is 16.9 Å². The molecule has 0 saturated carbocycles. The van der Waals surface area contributed by atoms with Gasteiger partial charge in [-0.1, -0.05) is 0 Å². The van der Waals surface area contributed by atoms with Crippen LogP contribution in [0.15, 0.2) is 28.8 Å². The van der Waals surface area contributed by atoms with Crippen molar-refractivity contribution in [3.63, 3.8) is 0 Å². The minimum atomic E-state index is -3.31. The first-order valence-electron chi connectivity index (χ1n) is 10.2. The fourth-order valence-electron chi connectivity index (χ4n) is 3.58. The zero-order valence-electron chi connectivity index (χ0n) is 18.0. The molecule has 0 unspecified atom stereocenters. The van der Waals surface area contributed by atoms with E-state index in [9.17, 15) is 17.2 Å². The number of sulfonamides is 1. The topological polar surface area (TPSA) is 121 Å². The number of halogens is 2. The quantitative estimate of drug-likeness (QED) is 0.473. The van der Waals surface area contributed by atoms with Crippen LogP contribution in [0.25, 0.3) is 11.5 Å². The maximum Gasteiger partial charge on any atom is 0.227 e. The SMILES string of the molecule is Cc1cnc(Nc2cc(F)c(NCCO)c(F)c2)nc1-c1cc2c(o1)CCN(S(C)(=O)=O)C2. The van der Waals surface area contributed by atoms with E-state index in [1.54, 1.807) is 19.2 Å². The first kappa shape index (κ1) is 23.1. The highest BCUT2D eigenvalue weighted by Gasteiger charge is 2.27. The van der Waals surface area contributed by atoms with E-state index < -0.39 is 21.7 Å². The normalized spacial score (nSPS) is 14.2. The van der Waals surface area contributed by atoms with Crippen LogP contribution in [0, 0.1) is 18.6 Å². The lowest BCUT2D eigenvalue weighted by Gasteiger charge is -2.23. The Morgan fingerprint density at radius 2 is 1.97 bits per heavy atom. The van der Waals surface area contributed by atoms with Gasteiger partial charge in [-0.05, 0) is 30.7 Å². The maximum atomic E-state index is 14.3. The van der Waals surface area contributed by atoms with E-state index in [-0.39, 0.29) is 37.0 Å². The molecule has 9 nitrogen and oxygen atoms in total. The summed E-state index contributed by atoms with van der Waals surface area (Å²) >= 11 is 0. The summed E-state index contributed by atoms with van der Waals surface area (Å²) in [6, 6.07) is 3.95. The first-order chi connectivity index (χ1) is 15.7. The largest absolute Gasteiger partial charge is 0.459 e. The van der Waals surface area contributed by atoms with Crippen molar-refractivity contribution < 1.29 is 26.7 Å². The fraction of sp³-hybridized carbons (Fsp3) is 0.333. The summed E-state index contributed by atoms with van der Waals surface area (Å²) in [6.07, 6.45) is 3.18. The first-order valence-corrected chi connectivity index (χ1v) is 12.0. The lowest BCUT2D eigenvalue weighted by molar-refractivity contribution is 0.310. The summed E-state index contributed by atoms with van der Waals surface area (Å²) < 4.78 is 59.6. The second-order valence-electron chi connectivity index (χ2n) is 7.72. The van der Waals surface area contributed by atoms with Crippen LogP contribution in [-0.2, 0) is 23.0 Å². The van der Waals surface area contributed by atoms with Gasteiger partial charge < -0.3 is 20.2 Å². The van der Waals surface area contributed by atoms with Gasteiger partial charge in [-0.2, -0.15) is 4.31 Å². The number of nitrogens with one attached hydrogen (secondary N) is 2. The molecule has 12 heteroatoms. The number of aryl methyl sites for hydroxylation is 1. The lowest BCUT2D eigenvalue weighted by Crippen LogP contribution is -2.34. The lowest BCUT2D eigenvalue weighted by atomic mass is 10.1. The molecule has 0 fully saturated rings. The van der Waals surface area contributed by atoms with Crippen molar-refractivity contribution in [1.29, 1.82) is 0 Å². The molecule has 3 heterocycles. The van der Waals surface area contributed by atoms with E-state index in [0.717, 1.165) is 17.7 Å². The van der Waals surface area contributed by atoms with Crippen molar-refractivity contribution in [2.75, 3.05) is 36.6 Å². The monoisotopic (exact) mass is 479 g/mol. The summed E-state index contributed by atoms with van der Waals surface area (Å²) in [4.78, 5) is 8.61. The number of fused-ring (bicyclic) bond motifs is 1. The highest BCUT2D eigenvalue weighted by atomic mass is 32.2. The number of nitrogens with zero attached hydrogens (tertiary/aromatic N) is 3. The van der Waals surface area contributed by atoms with Crippen molar-refractivity contribution in [3.05, 3.63) is 52.9 Å². The summed E-state index contributed by atoms with van der Waals surface area (Å²) in [5, 5.41) is 14.1. The number of hydrogen-bond acceptors (Lipinski definition) is 8.